The third-order valence-electron chi connectivity index (χ3n) is 3.87. The van der Waals surface area contributed by atoms with Gasteiger partial charge in [0.1, 0.15) is 29.4 Å². The van der Waals surface area contributed by atoms with Gasteiger partial charge in [0.2, 0.25) is 0 Å². The SMILES string of the molecule is CCOC(=O)c1ccc(NC(=O)OCc2cc(OC)ccc2OC)cc1OCC. The Labute approximate surface area is 169 Å². The van der Waals surface area contributed by atoms with Gasteiger partial charge < -0.3 is 23.7 Å². The molecule has 0 spiro atoms. The summed E-state index contributed by atoms with van der Waals surface area (Å²) in [7, 11) is 3.08. The van der Waals surface area contributed by atoms with Gasteiger partial charge in [0.15, 0.2) is 0 Å². The number of ether oxygens (including phenoxy) is 5. The van der Waals surface area contributed by atoms with Crippen molar-refractivity contribution in [2.45, 2.75) is 20.5 Å². The van der Waals surface area contributed by atoms with E-state index in [1.807, 2.05) is 0 Å². The summed E-state index contributed by atoms with van der Waals surface area (Å²) in [6.07, 6.45) is -0.666. The largest absolute Gasteiger partial charge is 0.497 e. The molecule has 0 aliphatic rings. The van der Waals surface area contributed by atoms with Gasteiger partial charge in [-0.1, -0.05) is 0 Å². The molecule has 2 aromatic carbocycles. The normalized spacial score (nSPS) is 10.1. The quantitative estimate of drug-likeness (QED) is 0.632. The van der Waals surface area contributed by atoms with Crippen molar-refractivity contribution in [3.05, 3.63) is 47.5 Å². The average molecular weight is 403 g/mol. The number of hydrogen-bond donors (Lipinski definition) is 1. The molecule has 29 heavy (non-hydrogen) atoms. The number of anilines is 1. The van der Waals surface area contributed by atoms with Crippen LogP contribution in [0.1, 0.15) is 29.8 Å². The number of carbonyl (C=O) groups excluding carboxylic acids is 2. The van der Waals surface area contributed by atoms with Crippen molar-refractivity contribution in [1.82, 2.24) is 0 Å². The molecule has 8 heteroatoms. The number of methoxy groups -OCH3 is 2. The smallest absolute Gasteiger partial charge is 0.411 e. The van der Waals surface area contributed by atoms with E-state index in [-0.39, 0.29) is 18.8 Å². The highest BCUT2D eigenvalue weighted by molar-refractivity contribution is 5.94. The molecule has 0 bridgehead atoms. The summed E-state index contributed by atoms with van der Waals surface area (Å²) in [5, 5.41) is 2.61. The van der Waals surface area contributed by atoms with E-state index < -0.39 is 12.1 Å². The van der Waals surface area contributed by atoms with Crippen LogP contribution >= 0.6 is 0 Å². The predicted molar refractivity (Wildman–Crippen MR) is 107 cm³/mol. The molecule has 0 fully saturated rings. The van der Waals surface area contributed by atoms with Crippen LogP contribution in [0.4, 0.5) is 10.5 Å². The van der Waals surface area contributed by atoms with Gasteiger partial charge in [-0.05, 0) is 44.2 Å². The minimum absolute atomic E-state index is 0.00850. The molecule has 2 aromatic rings. The highest BCUT2D eigenvalue weighted by atomic mass is 16.6. The molecule has 2 rings (SSSR count). The Balaban J connectivity index is 2.07. The molecule has 0 heterocycles. The monoisotopic (exact) mass is 403 g/mol. The molecule has 0 saturated carbocycles. The maximum Gasteiger partial charge on any atom is 0.411 e. The van der Waals surface area contributed by atoms with Gasteiger partial charge >= 0.3 is 12.1 Å². The van der Waals surface area contributed by atoms with Crippen LogP contribution in [-0.2, 0) is 16.1 Å². The number of amides is 1. The first-order chi connectivity index (χ1) is 14.0. The van der Waals surface area contributed by atoms with Crippen molar-refractivity contribution in [3.63, 3.8) is 0 Å². The molecule has 156 valence electrons. The third kappa shape index (κ3) is 6.03. The van der Waals surface area contributed by atoms with Crippen LogP contribution in [0.2, 0.25) is 0 Å². The minimum Gasteiger partial charge on any atom is -0.497 e. The van der Waals surface area contributed by atoms with Gasteiger partial charge in [-0.3, -0.25) is 5.32 Å². The van der Waals surface area contributed by atoms with Gasteiger partial charge in [-0.25, -0.2) is 9.59 Å². The van der Waals surface area contributed by atoms with Gasteiger partial charge in [0.05, 0.1) is 27.4 Å². The average Bonchev–Trinajstić information content (AvgIpc) is 2.72. The maximum absolute atomic E-state index is 12.2. The number of benzene rings is 2. The Morgan fingerprint density at radius 1 is 0.897 bits per heavy atom. The first kappa shape index (κ1) is 21.9. The lowest BCUT2D eigenvalue weighted by Gasteiger charge is -2.13. The van der Waals surface area contributed by atoms with E-state index in [2.05, 4.69) is 5.32 Å². The number of nitrogens with one attached hydrogen (secondary N) is 1. The van der Waals surface area contributed by atoms with Crippen LogP contribution in [0.3, 0.4) is 0 Å². The Morgan fingerprint density at radius 3 is 2.34 bits per heavy atom. The van der Waals surface area contributed by atoms with E-state index in [1.54, 1.807) is 51.3 Å². The zero-order valence-corrected chi connectivity index (χ0v) is 16.9. The molecule has 0 unspecified atom stereocenters. The standard InChI is InChI=1S/C21H25NO7/c1-5-27-19-12-15(7-9-17(19)20(23)28-6-2)22-21(24)29-13-14-11-16(25-3)8-10-18(14)26-4/h7-12H,5-6,13H2,1-4H3,(H,22,24). The number of rotatable bonds is 9. The molecular formula is C21H25NO7. The summed E-state index contributed by atoms with van der Waals surface area (Å²) in [5.41, 5.74) is 1.37. The summed E-state index contributed by atoms with van der Waals surface area (Å²) >= 11 is 0. The van der Waals surface area contributed by atoms with Crippen molar-refractivity contribution < 1.29 is 33.3 Å². The van der Waals surface area contributed by atoms with Gasteiger partial charge in [0.25, 0.3) is 0 Å². The van der Waals surface area contributed by atoms with Crippen molar-refractivity contribution in [2.24, 2.45) is 0 Å². The van der Waals surface area contributed by atoms with Crippen molar-refractivity contribution in [2.75, 3.05) is 32.8 Å². The molecule has 0 aliphatic carbocycles. The maximum atomic E-state index is 12.2. The summed E-state index contributed by atoms with van der Waals surface area (Å²) < 4.78 is 26.2. The Morgan fingerprint density at radius 2 is 1.69 bits per heavy atom. The van der Waals surface area contributed by atoms with Crippen molar-refractivity contribution in [1.29, 1.82) is 0 Å². The lowest BCUT2D eigenvalue weighted by atomic mass is 10.2. The predicted octanol–water partition coefficient (Wildman–Crippen LogP) is 4.03. The first-order valence-electron chi connectivity index (χ1n) is 9.11. The Bertz CT molecular complexity index is 851. The van der Waals surface area contributed by atoms with Crippen molar-refractivity contribution >= 4 is 17.7 Å². The Hall–Kier alpha value is -3.42. The summed E-state index contributed by atoms with van der Waals surface area (Å²) in [6, 6.07) is 9.86. The number of carbonyl (C=O) groups is 2. The lowest BCUT2D eigenvalue weighted by molar-refractivity contribution is 0.0522. The molecule has 1 amide bonds. The molecule has 1 N–H and O–H groups in total. The molecule has 0 aromatic heterocycles. The van der Waals surface area contributed by atoms with Gasteiger partial charge in [-0.15, -0.1) is 0 Å². The molecule has 0 saturated heterocycles. The Kier molecular flexibility index (Phi) is 8.14. The summed E-state index contributed by atoms with van der Waals surface area (Å²) in [6.45, 7) is 4.12. The van der Waals surface area contributed by atoms with Crippen LogP contribution in [0.15, 0.2) is 36.4 Å². The molecule has 0 atom stereocenters. The van der Waals surface area contributed by atoms with Crippen LogP contribution in [0.25, 0.3) is 0 Å². The fourth-order valence-electron chi connectivity index (χ4n) is 2.54. The molecule has 8 nitrogen and oxygen atoms in total. The zero-order chi connectivity index (χ0) is 21.2. The minimum atomic E-state index is -0.666. The fourth-order valence-corrected chi connectivity index (χ4v) is 2.54. The fraction of sp³-hybridized carbons (Fsp3) is 0.333. The lowest BCUT2D eigenvalue weighted by Crippen LogP contribution is -2.15. The molecule has 0 aliphatic heterocycles. The van der Waals surface area contributed by atoms with Crippen LogP contribution in [0, 0.1) is 0 Å². The van der Waals surface area contributed by atoms with Gasteiger partial charge in [-0.2, -0.15) is 0 Å². The second kappa shape index (κ2) is 10.8. The van der Waals surface area contributed by atoms with Crippen LogP contribution in [-0.4, -0.2) is 39.5 Å². The molecule has 0 radical (unpaired) electrons. The van der Waals surface area contributed by atoms with Crippen LogP contribution < -0.4 is 19.5 Å². The molecular weight excluding hydrogens is 378 g/mol. The van der Waals surface area contributed by atoms with E-state index in [1.165, 1.54) is 13.2 Å². The van der Waals surface area contributed by atoms with E-state index in [0.717, 1.165) is 0 Å². The zero-order valence-electron chi connectivity index (χ0n) is 16.9. The summed E-state index contributed by atoms with van der Waals surface area (Å²) in [5.74, 6) is 1.03. The number of esters is 1. The topological polar surface area (TPSA) is 92.3 Å². The third-order valence-corrected chi connectivity index (χ3v) is 3.87. The van der Waals surface area contributed by atoms with E-state index >= 15 is 0 Å². The van der Waals surface area contributed by atoms with Crippen LogP contribution in [0.5, 0.6) is 17.2 Å². The van der Waals surface area contributed by atoms with Gasteiger partial charge in [0, 0.05) is 17.3 Å². The van der Waals surface area contributed by atoms with E-state index in [0.29, 0.717) is 35.1 Å². The van der Waals surface area contributed by atoms with E-state index in [4.69, 9.17) is 23.7 Å². The first-order valence-corrected chi connectivity index (χ1v) is 9.11. The number of hydrogen-bond acceptors (Lipinski definition) is 7. The second-order valence-corrected chi connectivity index (χ2v) is 5.74. The highest BCUT2D eigenvalue weighted by Crippen LogP contribution is 2.26. The highest BCUT2D eigenvalue weighted by Gasteiger charge is 2.16. The van der Waals surface area contributed by atoms with E-state index in [9.17, 15) is 9.59 Å². The summed E-state index contributed by atoms with van der Waals surface area (Å²) in [4.78, 5) is 24.2. The van der Waals surface area contributed by atoms with Crippen molar-refractivity contribution in [3.8, 4) is 17.2 Å². The second-order valence-electron chi connectivity index (χ2n) is 5.74.